The Hall–Kier alpha value is -0.830. The largest absolute Gasteiger partial charge is 0.356 e. The van der Waals surface area contributed by atoms with E-state index in [0.717, 1.165) is 24.5 Å². The van der Waals surface area contributed by atoms with E-state index in [0.29, 0.717) is 11.1 Å². The molecule has 0 aromatic carbocycles. The number of halogens is 1. The summed E-state index contributed by atoms with van der Waals surface area (Å²) >= 11 is 6.21. The Labute approximate surface area is 108 Å². The van der Waals surface area contributed by atoms with Gasteiger partial charge in [-0.05, 0) is 18.8 Å². The van der Waals surface area contributed by atoms with Crippen molar-refractivity contribution < 1.29 is 0 Å². The van der Waals surface area contributed by atoms with Gasteiger partial charge >= 0.3 is 0 Å². The normalized spacial score (nSPS) is 17.3. The maximum absolute atomic E-state index is 6.21. The monoisotopic (exact) mass is 253 g/mol. The molecular formula is C13H20ClN3. The highest BCUT2D eigenvalue weighted by molar-refractivity contribution is 6.30. The van der Waals surface area contributed by atoms with E-state index in [9.17, 15) is 0 Å². The van der Waals surface area contributed by atoms with Gasteiger partial charge in [-0.2, -0.15) is 0 Å². The van der Waals surface area contributed by atoms with E-state index in [1.807, 2.05) is 0 Å². The maximum Gasteiger partial charge on any atom is 0.138 e. The Morgan fingerprint density at radius 2 is 1.76 bits per heavy atom. The predicted molar refractivity (Wildman–Crippen MR) is 71.8 cm³/mol. The first-order chi connectivity index (χ1) is 8.20. The van der Waals surface area contributed by atoms with Gasteiger partial charge in [-0.1, -0.05) is 38.3 Å². The van der Waals surface area contributed by atoms with Crippen LogP contribution < -0.4 is 4.90 Å². The Balaban J connectivity index is 2.32. The van der Waals surface area contributed by atoms with Crippen molar-refractivity contribution in [2.75, 3.05) is 18.0 Å². The molecule has 1 saturated heterocycles. The van der Waals surface area contributed by atoms with E-state index >= 15 is 0 Å². The molecule has 1 aromatic heterocycles. The summed E-state index contributed by atoms with van der Waals surface area (Å²) in [6.07, 6.45) is 6.73. The molecule has 2 heterocycles. The summed E-state index contributed by atoms with van der Waals surface area (Å²) in [6, 6.07) is 0. The number of nitrogens with zero attached hydrogens (tertiary/aromatic N) is 3. The van der Waals surface area contributed by atoms with Crippen LogP contribution in [0, 0.1) is 0 Å². The summed E-state index contributed by atoms with van der Waals surface area (Å²) in [5, 5.41) is 0.606. The van der Waals surface area contributed by atoms with E-state index in [2.05, 4.69) is 28.7 Å². The van der Waals surface area contributed by atoms with Crippen molar-refractivity contribution in [3.63, 3.8) is 0 Å². The lowest BCUT2D eigenvalue weighted by Crippen LogP contribution is -2.26. The second-order valence-electron chi connectivity index (χ2n) is 4.96. The molecule has 3 nitrogen and oxygen atoms in total. The summed E-state index contributed by atoms with van der Waals surface area (Å²) in [4.78, 5) is 10.9. The fourth-order valence-electron chi connectivity index (χ4n) is 2.40. The first kappa shape index (κ1) is 12.6. The van der Waals surface area contributed by atoms with Gasteiger partial charge < -0.3 is 4.90 Å². The van der Waals surface area contributed by atoms with E-state index < -0.39 is 0 Å². The molecule has 0 radical (unpaired) electrons. The molecule has 1 aromatic rings. The van der Waals surface area contributed by atoms with E-state index in [1.54, 1.807) is 6.33 Å². The molecule has 0 atom stereocenters. The number of hydrogen-bond acceptors (Lipinski definition) is 3. The smallest absolute Gasteiger partial charge is 0.138 e. The predicted octanol–water partition coefficient (Wildman–Crippen LogP) is 3.63. The van der Waals surface area contributed by atoms with E-state index in [4.69, 9.17) is 11.6 Å². The quantitative estimate of drug-likeness (QED) is 0.754. The molecule has 0 bridgehead atoms. The van der Waals surface area contributed by atoms with Crippen LogP contribution in [0.3, 0.4) is 0 Å². The van der Waals surface area contributed by atoms with Crippen molar-refractivity contribution in [3.05, 3.63) is 17.0 Å². The molecule has 1 aliphatic rings. The zero-order chi connectivity index (χ0) is 12.3. The third-order valence-electron chi connectivity index (χ3n) is 3.30. The molecule has 17 heavy (non-hydrogen) atoms. The first-order valence-corrected chi connectivity index (χ1v) is 6.83. The van der Waals surface area contributed by atoms with Crippen LogP contribution in [0.2, 0.25) is 5.15 Å². The molecule has 0 spiro atoms. The first-order valence-electron chi connectivity index (χ1n) is 6.45. The number of aromatic nitrogens is 2. The van der Waals surface area contributed by atoms with Crippen LogP contribution >= 0.6 is 11.6 Å². The van der Waals surface area contributed by atoms with Gasteiger partial charge in [-0.25, -0.2) is 9.97 Å². The van der Waals surface area contributed by atoms with Gasteiger partial charge in [0.25, 0.3) is 0 Å². The van der Waals surface area contributed by atoms with Gasteiger partial charge in [0, 0.05) is 18.7 Å². The Morgan fingerprint density at radius 3 is 2.35 bits per heavy atom. The Kier molecular flexibility index (Phi) is 4.21. The molecule has 1 fully saturated rings. The molecule has 0 N–H and O–H groups in total. The molecule has 1 aliphatic heterocycles. The highest BCUT2D eigenvalue weighted by Crippen LogP contribution is 2.31. The average molecular weight is 254 g/mol. The summed E-state index contributed by atoms with van der Waals surface area (Å²) in [5.41, 5.74) is 1.09. The summed E-state index contributed by atoms with van der Waals surface area (Å²) in [6.45, 7) is 6.47. The third kappa shape index (κ3) is 2.89. The fourth-order valence-corrected chi connectivity index (χ4v) is 2.74. The van der Waals surface area contributed by atoms with Crippen molar-refractivity contribution in [2.24, 2.45) is 0 Å². The molecular weight excluding hydrogens is 234 g/mol. The van der Waals surface area contributed by atoms with Gasteiger partial charge in [0.2, 0.25) is 0 Å². The van der Waals surface area contributed by atoms with Crippen LogP contribution in [0.15, 0.2) is 6.33 Å². The minimum atomic E-state index is 0.363. The highest BCUT2D eigenvalue weighted by atomic mass is 35.5. The van der Waals surface area contributed by atoms with Crippen LogP contribution in [-0.2, 0) is 0 Å². The molecule has 94 valence electrons. The Morgan fingerprint density at radius 1 is 1.12 bits per heavy atom. The van der Waals surface area contributed by atoms with Crippen molar-refractivity contribution in [1.29, 1.82) is 0 Å². The standard InChI is InChI=1S/C13H20ClN3/c1-10(2)11-12(14)15-9-16-13(11)17-7-5-3-4-6-8-17/h9-10H,3-8H2,1-2H3. The lowest BCUT2D eigenvalue weighted by atomic mass is 10.1. The molecule has 0 saturated carbocycles. The van der Waals surface area contributed by atoms with Crippen LogP contribution in [-0.4, -0.2) is 23.1 Å². The summed E-state index contributed by atoms with van der Waals surface area (Å²) < 4.78 is 0. The molecule has 0 unspecified atom stereocenters. The van der Waals surface area contributed by atoms with Crippen LogP contribution in [0.5, 0.6) is 0 Å². The van der Waals surface area contributed by atoms with Crippen LogP contribution in [0.1, 0.15) is 51.0 Å². The van der Waals surface area contributed by atoms with Crippen molar-refractivity contribution in [2.45, 2.75) is 45.4 Å². The molecule has 4 heteroatoms. The third-order valence-corrected chi connectivity index (χ3v) is 3.60. The molecule has 0 aliphatic carbocycles. The van der Waals surface area contributed by atoms with Crippen molar-refractivity contribution in [3.8, 4) is 0 Å². The van der Waals surface area contributed by atoms with Crippen LogP contribution in [0.4, 0.5) is 5.82 Å². The second kappa shape index (κ2) is 5.67. The zero-order valence-electron chi connectivity index (χ0n) is 10.6. The van der Waals surface area contributed by atoms with Gasteiger partial charge in [0.05, 0.1) is 0 Å². The average Bonchev–Trinajstić information content (AvgIpc) is 2.56. The number of hydrogen-bond donors (Lipinski definition) is 0. The lowest BCUT2D eigenvalue weighted by molar-refractivity contribution is 0.726. The Bertz CT molecular complexity index is 371. The van der Waals surface area contributed by atoms with Crippen molar-refractivity contribution in [1.82, 2.24) is 9.97 Å². The SMILES string of the molecule is CC(C)c1c(Cl)ncnc1N1CCCCCC1. The second-order valence-corrected chi connectivity index (χ2v) is 5.32. The molecule has 2 rings (SSSR count). The van der Waals surface area contributed by atoms with E-state index in [-0.39, 0.29) is 0 Å². The fraction of sp³-hybridized carbons (Fsp3) is 0.692. The highest BCUT2D eigenvalue weighted by Gasteiger charge is 2.19. The minimum absolute atomic E-state index is 0.363. The topological polar surface area (TPSA) is 29.0 Å². The van der Waals surface area contributed by atoms with Gasteiger partial charge in [0.15, 0.2) is 0 Å². The van der Waals surface area contributed by atoms with Gasteiger partial charge in [-0.15, -0.1) is 0 Å². The zero-order valence-corrected chi connectivity index (χ0v) is 11.4. The van der Waals surface area contributed by atoms with Crippen LogP contribution in [0.25, 0.3) is 0 Å². The van der Waals surface area contributed by atoms with E-state index in [1.165, 1.54) is 25.7 Å². The number of anilines is 1. The van der Waals surface area contributed by atoms with Gasteiger partial charge in [-0.3, -0.25) is 0 Å². The summed E-state index contributed by atoms with van der Waals surface area (Å²) in [7, 11) is 0. The lowest BCUT2D eigenvalue weighted by Gasteiger charge is -2.25. The van der Waals surface area contributed by atoms with Crippen molar-refractivity contribution >= 4 is 17.4 Å². The summed E-state index contributed by atoms with van der Waals surface area (Å²) in [5.74, 6) is 1.41. The minimum Gasteiger partial charge on any atom is -0.356 e. The van der Waals surface area contributed by atoms with Gasteiger partial charge in [0.1, 0.15) is 17.3 Å². The molecule has 0 amide bonds. The maximum atomic E-state index is 6.21. The number of rotatable bonds is 2.